The first-order valence-corrected chi connectivity index (χ1v) is 7.39. The summed E-state index contributed by atoms with van der Waals surface area (Å²) in [6.45, 7) is 0. The van der Waals surface area contributed by atoms with Crippen LogP contribution in [0.15, 0.2) is 0 Å². The molecular formula is H2N4O11RuSi. The summed E-state index contributed by atoms with van der Waals surface area (Å²) in [6, 6.07) is 0. The van der Waals surface area contributed by atoms with Crippen molar-refractivity contribution in [3.8, 4) is 0 Å². The van der Waals surface area contributed by atoms with Crippen LogP contribution in [0.1, 0.15) is 0 Å². The van der Waals surface area contributed by atoms with E-state index in [9.17, 15) is 10.1 Å². The molecule has 0 aliphatic rings. The van der Waals surface area contributed by atoms with Gasteiger partial charge in [0.1, 0.15) is 0 Å². The monoisotopic (exact) mass is 364 g/mol. The van der Waals surface area contributed by atoms with Gasteiger partial charge < -0.3 is 46.0 Å². The summed E-state index contributed by atoms with van der Waals surface area (Å²) in [5.74, 6) is 0. The number of hydrogen-bond acceptors (Lipinski definition) is 11. The molecule has 0 unspecified atom stereocenters. The van der Waals surface area contributed by atoms with Gasteiger partial charge in [-0.2, -0.15) is 0 Å². The third-order valence-corrected chi connectivity index (χ3v) is 1.62. The van der Waals surface area contributed by atoms with Crippen molar-refractivity contribution in [1.82, 2.24) is 0 Å². The van der Waals surface area contributed by atoms with Crippen LogP contribution in [0.25, 0.3) is 0 Å². The molecule has 0 aromatic carbocycles. The summed E-state index contributed by atoms with van der Waals surface area (Å²) in [6.07, 6.45) is 0. The second kappa shape index (κ2) is 19.4. The Kier molecular flexibility index (Phi) is 27.6. The second-order valence-electron chi connectivity index (χ2n) is 1.12. The molecule has 0 amide bonds. The van der Waals surface area contributed by atoms with Gasteiger partial charge in [-0.05, 0) is 0 Å². The molecule has 0 radical (unpaired) electrons. The molecule has 0 aromatic rings. The van der Waals surface area contributed by atoms with Crippen molar-refractivity contribution in [3.05, 3.63) is 56.1 Å². The Balaban J connectivity index is -0.0000000667. The molecule has 17 heteroatoms. The molecule has 0 saturated carbocycles. The van der Waals surface area contributed by atoms with Gasteiger partial charge in [0, 0.05) is 0 Å². The molecule has 0 saturated heterocycles. The van der Waals surface area contributed by atoms with Gasteiger partial charge in [0.15, 0.2) is 0 Å². The maximum absolute atomic E-state index is 9.22. The Bertz CT molecular complexity index is 199. The van der Waals surface area contributed by atoms with Gasteiger partial charge in [-0.15, -0.1) is 0 Å². The van der Waals surface area contributed by atoms with Gasteiger partial charge in [0.25, 0.3) is 0 Å². The summed E-state index contributed by atoms with van der Waals surface area (Å²) in [7, 11) is -0.999. The Labute approximate surface area is 102 Å². The van der Waals surface area contributed by atoms with Crippen molar-refractivity contribution in [2.45, 2.75) is 0 Å². The molecule has 0 heterocycles. The Morgan fingerprint density at radius 3 is 0.706 bits per heavy atom. The van der Waals surface area contributed by atoms with E-state index in [1.165, 1.54) is 0 Å². The van der Waals surface area contributed by atoms with Crippen LogP contribution in [-0.2, 0) is 17.6 Å². The molecule has 100 valence electrons. The number of nitrogens with zero attached hydrogens (tertiary/aromatic N) is 4. The minimum absolute atomic E-state index is 0.267. The Hall–Kier alpha value is -2.16. The molecule has 0 aliphatic carbocycles. The minimum atomic E-state index is -1.75. The van der Waals surface area contributed by atoms with Crippen LogP contribution in [0.5, 0.6) is 0 Å². The van der Waals surface area contributed by atoms with Gasteiger partial charge >= 0.3 is 40.2 Å². The van der Waals surface area contributed by atoms with Crippen LogP contribution in [0.3, 0.4) is 0 Å². The predicted molar refractivity (Wildman–Crippen MR) is 46.6 cm³/mol. The molecule has 0 bridgehead atoms. The van der Waals surface area contributed by atoms with Gasteiger partial charge in [-0.3, -0.25) is 0 Å². The van der Waals surface area contributed by atoms with Crippen molar-refractivity contribution in [2.75, 3.05) is 0 Å². The van der Waals surface area contributed by atoms with Crippen molar-refractivity contribution >= 4 is 7.91 Å². The van der Waals surface area contributed by atoms with Gasteiger partial charge in [-0.1, -0.05) is 0 Å². The van der Waals surface area contributed by atoms with Gasteiger partial charge in [0.05, 0.1) is 15.3 Å². The predicted octanol–water partition coefficient (Wildman–Crippen LogP) is -1.91. The summed E-state index contributed by atoms with van der Waals surface area (Å²) >= 11 is 2.06. The summed E-state index contributed by atoms with van der Waals surface area (Å²) in [4.78, 5) is 34.0. The topological polar surface area (TPSA) is 242 Å². The van der Waals surface area contributed by atoms with Crippen LogP contribution in [0.2, 0.25) is 0 Å². The molecule has 0 N–H and O–H groups in total. The number of nitro groups is 1. The number of rotatable bonds is 1. The van der Waals surface area contributed by atoms with Crippen LogP contribution in [0.4, 0.5) is 0 Å². The molecule has 0 rings (SSSR count). The fraction of sp³-hybridized carbons (Fsp3) is 0. The fourth-order valence-corrected chi connectivity index (χ4v) is 0. The van der Waals surface area contributed by atoms with E-state index in [1.807, 2.05) is 0 Å². The third kappa shape index (κ3) is 76000. The zero-order valence-electron chi connectivity index (χ0n) is 7.34. The molecule has 0 aromatic heterocycles. The van der Waals surface area contributed by atoms with Gasteiger partial charge in [-0.25, -0.2) is 0 Å². The molecule has 17 heavy (non-hydrogen) atoms. The third-order valence-electron chi connectivity index (χ3n) is 0.0913. The van der Waals surface area contributed by atoms with E-state index in [-0.39, 0.29) is 4.59 Å². The standard InChI is InChI=1S/3NO3.H2NO2Si.Ru/c4*2-1(3)4;/h;;;4H2;/q3*-1;;+3. The van der Waals surface area contributed by atoms with Crippen molar-refractivity contribution < 1.29 is 37.5 Å². The van der Waals surface area contributed by atoms with E-state index < -0.39 is 23.2 Å². The zero-order chi connectivity index (χ0) is 15.0. The van der Waals surface area contributed by atoms with Crippen LogP contribution in [0, 0.1) is 56.1 Å². The molecular weight excluding hydrogens is 361 g/mol. The maximum atomic E-state index is 9.22. The molecule has 0 fully saturated rings. The van der Waals surface area contributed by atoms with E-state index in [2.05, 4.69) is 17.6 Å². The number of hydrogen-bond donors (Lipinski definition) is 0. The Morgan fingerprint density at radius 1 is 0.647 bits per heavy atom. The van der Waals surface area contributed by atoms with Crippen LogP contribution in [-0.4, -0.2) is 27.8 Å². The summed E-state index contributed by atoms with van der Waals surface area (Å²) in [5, 5.41) is 53.5. The summed E-state index contributed by atoms with van der Waals surface area (Å²) < 4.78 is -0.267. The second-order valence-corrected chi connectivity index (χ2v) is 3.50. The van der Waals surface area contributed by atoms with Crippen molar-refractivity contribution in [2.24, 2.45) is 0 Å². The van der Waals surface area contributed by atoms with Crippen LogP contribution >= 0.6 is 0 Å². The van der Waals surface area contributed by atoms with E-state index in [0.717, 1.165) is 0 Å². The van der Waals surface area contributed by atoms with E-state index in [1.54, 1.807) is 0 Å². The average molecular weight is 363 g/mol. The normalized spacial score (nSPS) is 7.06. The van der Waals surface area contributed by atoms with E-state index in [0.29, 0.717) is 0 Å². The van der Waals surface area contributed by atoms with Crippen molar-refractivity contribution in [1.29, 1.82) is 0 Å². The van der Waals surface area contributed by atoms with E-state index >= 15 is 0 Å². The summed E-state index contributed by atoms with van der Waals surface area (Å²) in [5.41, 5.74) is 0. The first kappa shape index (κ1) is 24.2. The molecule has 0 spiro atoms. The molecule has 0 aliphatic heterocycles. The van der Waals surface area contributed by atoms with Gasteiger partial charge in [0.2, 0.25) is 0 Å². The SMILES string of the molecule is O=[N+]([O-])[O-].O=[N+]([O-])[O-].O=[N+]([O-])[O-].O=[N+]([O-])[SiH2][Ru+3]. The Morgan fingerprint density at radius 2 is 0.706 bits per heavy atom. The van der Waals surface area contributed by atoms with E-state index in [4.69, 9.17) is 46.0 Å². The van der Waals surface area contributed by atoms with Crippen molar-refractivity contribution in [3.63, 3.8) is 0 Å². The average Bonchev–Trinajstić information content (AvgIpc) is 2.00. The van der Waals surface area contributed by atoms with Crippen LogP contribution < -0.4 is 0 Å². The quantitative estimate of drug-likeness (QED) is 0.282. The zero-order valence-corrected chi connectivity index (χ0v) is 10.5. The molecule has 0 atom stereocenters. The first-order valence-electron chi connectivity index (χ1n) is 2.57. The first-order chi connectivity index (χ1) is 7.47. The fourth-order valence-electron chi connectivity index (χ4n) is 0. The molecule has 15 nitrogen and oxygen atoms in total.